The molecule has 3 nitrogen and oxygen atoms in total. The summed E-state index contributed by atoms with van der Waals surface area (Å²) in [6, 6.07) is 9.88. The van der Waals surface area contributed by atoms with E-state index in [1.54, 1.807) is 22.7 Å². The van der Waals surface area contributed by atoms with Crippen LogP contribution in [0.25, 0.3) is 0 Å². The maximum atomic E-state index is 13.2. The Balaban J connectivity index is 1.59. The highest BCUT2D eigenvalue weighted by Crippen LogP contribution is 2.43. The zero-order valence-electron chi connectivity index (χ0n) is 14.3. The van der Waals surface area contributed by atoms with E-state index in [0.29, 0.717) is 0 Å². The molecule has 1 fully saturated rings. The van der Waals surface area contributed by atoms with Crippen molar-refractivity contribution in [3.05, 3.63) is 67.2 Å². The molecule has 3 aromatic heterocycles. The van der Waals surface area contributed by atoms with E-state index in [-0.39, 0.29) is 12.5 Å². The maximum absolute atomic E-state index is 13.2. The van der Waals surface area contributed by atoms with Crippen molar-refractivity contribution in [1.82, 2.24) is 5.32 Å². The Bertz CT molecular complexity index is 798. The first-order valence-corrected chi connectivity index (χ1v) is 11.5. The van der Waals surface area contributed by atoms with Gasteiger partial charge in [0.05, 0.1) is 12.0 Å². The van der Waals surface area contributed by atoms with Crippen molar-refractivity contribution in [2.75, 3.05) is 6.54 Å². The van der Waals surface area contributed by atoms with Crippen LogP contribution in [0.2, 0.25) is 0 Å². The molecule has 1 aliphatic rings. The van der Waals surface area contributed by atoms with Crippen LogP contribution in [0.3, 0.4) is 0 Å². The Kier molecular flexibility index (Phi) is 5.01. The molecule has 0 aliphatic heterocycles. The molecule has 0 radical (unpaired) electrons. The van der Waals surface area contributed by atoms with E-state index in [4.69, 9.17) is 0 Å². The van der Waals surface area contributed by atoms with Crippen LogP contribution >= 0.6 is 34.0 Å². The lowest BCUT2D eigenvalue weighted by Crippen LogP contribution is -2.48. The molecule has 0 spiro atoms. The minimum atomic E-state index is -1.18. The molecule has 1 amide bonds. The third-order valence-corrected chi connectivity index (χ3v) is 8.10. The summed E-state index contributed by atoms with van der Waals surface area (Å²) < 4.78 is 0. The molecule has 0 bridgehead atoms. The molecule has 2 N–H and O–H groups in total. The number of aliphatic hydroxyl groups is 1. The summed E-state index contributed by atoms with van der Waals surface area (Å²) >= 11 is 4.73. The fraction of sp³-hybridized carbons (Fsp3) is 0.350. The van der Waals surface area contributed by atoms with Crippen LogP contribution in [0.1, 0.15) is 41.0 Å². The molecule has 6 heteroatoms. The minimum absolute atomic E-state index is 0.0441. The summed E-state index contributed by atoms with van der Waals surface area (Å²) in [7, 11) is 0. The van der Waals surface area contributed by atoms with Crippen LogP contribution in [0.4, 0.5) is 0 Å². The molecule has 0 unspecified atom stereocenters. The predicted molar refractivity (Wildman–Crippen MR) is 109 cm³/mol. The average molecular weight is 404 g/mol. The van der Waals surface area contributed by atoms with Gasteiger partial charge < -0.3 is 10.4 Å². The van der Waals surface area contributed by atoms with Gasteiger partial charge in [0.1, 0.15) is 5.60 Å². The molecule has 1 atom stereocenters. The molecule has 3 heterocycles. The van der Waals surface area contributed by atoms with Crippen molar-refractivity contribution >= 4 is 39.9 Å². The third kappa shape index (κ3) is 3.05. The van der Waals surface area contributed by atoms with E-state index < -0.39 is 11.0 Å². The highest BCUT2D eigenvalue weighted by molar-refractivity contribution is 7.10. The second-order valence-electron chi connectivity index (χ2n) is 6.80. The fourth-order valence-electron chi connectivity index (χ4n) is 3.84. The first-order valence-electron chi connectivity index (χ1n) is 8.76. The zero-order valence-corrected chi connectivity index (χ0v) is 16.8. The number of amides is 1. The molecule has 0 saturated heterocycles. The summed E-state index contributed by atoms with van der Waals surface area (Å²) in [6.45, 7) is 0.191. The van der Waals surface area contributed by atoms with Gasteiger partial charge in [0.25, 0.3) is 0 Å². The van der Waals surface area contributed by atoms with Crippen molar-refractivity contribution in [2.24, 2.45) is 0 Å². The van der Waals surface area contributed by atoms with Gasteiger partial charge in [0.2, 0.25) is 5.91 Å². The van der Waals surface area contributed by atoms with Crippen molar-refractivity contribution in [2.45, 2.75) is 36.7 Å². The second-order valence-corrected chi connectivity index (χ2v) is 9.47. The highest BCUT2D eigenvalue weighted by atomic mass is 32.1. The van der Waals surface area contributed by atoms with Crippen molar-refractivity contribution in [3.8, 4) is 0 Å². The maximum Gasteiger partial charge on any atom is 0.231 e. The Labute approximate surface area is 165 Å². The standard InChI is InChI=1S/C20H21NO2S3/c22-18(19(8-1-2-9-19)16-5-3-10-25-16)21-14-20(23,15-7-12-24-13-15)17-6-4-11-26-17/h3-7,10-13,23H,1-2,8-9,14H2,(H,21,22)/t20-/m0/s1. The lowest BCUT2D eigenvalue weighted by Gasteiger charge is -2.31. The van der Waals surface area contributed by atoms with Crippen molar-refractivity contribution < 1.29 is 9.90 Å². The van der Waals surface area contributed by atoms with Crippen LogP contribution in [0, 0.1) is 0 Å². The fourth-order valence-corrected chi connectivity index (χ4v) is 6.39. The molecule has 4 rings (SSSR count). The van der Waals surface area contributed by atoms with Crippen LogP contribution < -0.4 is 5.32 Å². The smallest absolute Gasteiger partial charge is 0.231 e. The van der Waals surface area contributed by atoms with Crippen molar-refractivity contribution in [1.29, 1.82) is 0 Å². The largest absolute Gasteiger partial charge is 0.378 e. The van der Waals surface area contributed by atoms with Gasteiger partial charge in [0, 0.05) is 15.3 Å². The number of hydrogen-bond donors (Lipinski definition) is 2. The summed E-state index contributed by atoms with van der Waals surface area (Å²) in [5, 5.41) is 22.5. The Hall–Kier alpha value is -1.47. The average Bonchev–Trinajstić information content (AvgIpc) is 3.45. The topological polar surface area (TPSA) is 49.3 Å². The molecular formula is C20H21NO2S3. The van der Waals surface area contributed by atoms with E-state index >= 15 is 0 Å². The van der Waals surface area contributed by atoms with Crippen LogP contribution in [-0.2, 0) is 15.8 Å². The SMILES string of the molecule is O=C(NC[C@](O)(c1ccsc1)c1cccs1)C1(c2cccs2)CCCC1. The van der Waals surface area contributed by atoms with Gasteiger partial charge in [0.15, 0.2) is 0 Å². The van der Waals surface area contributed by atoms with Gasteiger partial charge in [-0.2, -0.15) is 11.3 Å². The quantitative estimate of drug-likeness (QED) is 0.625. The Morgan fingerprint density at radius 2 is 1.88 bits per heavy atom. The van der Waals surface area contributed by atoms with Crippen molar-refractivity contribution in [3.63, 3.8) is 0 Å². The number of hydrogen-bond acceptors (Lipinski definition) is 5. The van der Waals surface area contributed by atoms with E-state index in [0.717, 1.165) is 41.0 Å². The highest BCUT2D eigenvalue weighted by Gasteiger charge is 2.44. The van der Waals surface area contributed by atoms with Gasteiger partial charge in [-0.3, -0.25) is 4.79 Å². The van der Waals surface area contributed by atoms with E-state index in [9.17, 15) is 9.90 Å². The summed E-state index contributed by atoms with van der Waals surface area (Å²) in [4.78, 5) is 15.2. The number of carbonyl (C=O) groups excluding carboxylic acids is 1. The summed E-state index contributed by atoms with van der Waals surface area (Å²) in [5.74, 6) is 0.0441. The van der Waals surface area contributed by atoms with Gasteiger partial charge in [-0.15, -0.1) is 22.7 Å². The monoisotopic (exact) mass is 403 g/mol. The van der Waals surface area contributed by atoms with Crippen LogP contribution in [-0.4, -0.2) is 17.6 Å². The molecule has 0 aromatic carbocycles. The third-order valence-electron chi connectivity index (χ3n) is 5.32. The van der Waals surface area contributed by atoms with E-state index in [1.165, 1.54) is 11.3 Å². The number of nitrogens with one attached hydrogen (secondary N) is 1. The van der Waals surface area contributed by atoms with Crippen LogP contribution in [0.15, 0.2) is 51.9 Å². The number of rotatable bonds is 6. The zero-order chi connectivity index (χ0) is 18.0. The molecule has 26 heavy (non-hydrogen) atoms. The van der Waals surface area contributed by atoms with Crippen LogP contribution in [0.5, 0.6) is 0 Å². The Morgan fingerprint density at radius 1 is 1.12 bits per heavy atom. The summed E-state index contributed by atoms with van der Waals surface area (Å²) in [6.07, 6.45) is 3.92. The molecule has 1 saturated carbocycles. The number of carbonyl (C=O) groups is 1. The number of thiophene rings is 3. The summed E-state index contributed by atoms with van der Waals surface area (Å²) in [5.41, 5.74) is -0.778. The second kappa shape index (κ2) is 7.27. The van der Waals surface area contributed by atoms with Gasteiger partial charge in [-0.1, -0.05) is 25.0 Å². The lowest BCUT2D eigenvalue weighted by atomic mass is 9.83. The van der Waals surface area contributed by atoms with E-state index in [1.807, 2.05) is 45.8 Å². The molecule has 1 aliphatic carbocycles. The van der Waals surface area contributed by atoms with E-state index in [2.05, 4.69) is 11.4 Å². The van der Waals surface area contributed by atoms with Gasteiger partial charge in [-0.05, 0) is 52.6 Å². The first kappa shape index (κ1) is 17.9. The lowest BCUT2D eigenvalue weighted by molar-refractivity contribution is -0.127. The molecule has 3 aromatic rings. The molecule has 136 valence electrons. The predicted octanol–water partition coefficient (Wildman–Crippen LogP) is 4.74. The minimum Gasteiger partial charge on any atom is -0.378 e. The normalized spacial score (nSPS) is 18.5. The molecular weight excluding hydrogens is 382 g/mol. The Morgan fingerprint density at radius 3 is 2.50 bits per heavy atom. The van der Waals surface area contributed by atoms with Gasteiger partial charge >= 0.3 is 0 Å². The van der Waals surface area contributed by atoms with Gasteiger partial charge in [-0.25, -0.2) is 0 Å². The first-order chi connectivity index (χ1) is 12.7.